The number of thioether (sulfide) groups is 1. The van der Waals surface area contributed by atoms with Crippen molar-refractivity contribution in [2.45, 2.75) is 11.7 Å². The molecule has 0 spiro atoms. The average Bonchev–Trinajstić information content (AvgIpc) is 3.12. The van der Waals surface area contributed by atoms with Gasteiger partial charge < -0.3 is 10.6 Å². The number of hydrogen-bond acceptors (Lipinski definition) is 4. The number of hydrogen-bond donors (Lipinski definition) is 1. The van der Waals surface area contributed by atoms with E-state index in [-0.39, 0.29) is 11.7 Å². The molecule has 0 radical (unpaired) electrons. The second-order valence-corrected chi connectivity index (χ2v) is 6.94. The van der Waals surface area contributed by atoms with Gasteiger partial charge in [-0.1, -0.05) is 23.9 Å². The molecule has 0 aliphatic rings. The van der Waals surface area contributed by atoms with Crippen molar-refractivity contribution in [3.05, 3.63) is 77.4 Å². The van der Waals surface area contributed by atoms with Crippen LogP contribution < -0.4 is 5.73 Å². The lowest BCUT2D eigenvalue weighted by molar-refractivity contribution is 0.0776. The minimum atomic E-state index is -0.519. The minimum Gasteiger partial charge on any atom is -0.366 e. The maximum Gasteiger partial charge on any atom is 0.272 e. The van der Waals surface area contributed by atoms with Crippen molar-refractivity contribution < 1.29 is 14.0 Å². The first-order valence-corrected chi connectivity index (χ1v) is 9.65. The molecule has 0 saturated heterocycles. The van der Waals surface area contributed by atoms with E-state index in [0.29, 0.717) is 28.6 Å². The molecule has 3 aromatic rings. The zero-order valence-corrected chi connectivity index (χ0v) is 16.2. The van der Waals surface area contributed by atoms with Gasteiger partial charge in [0.1, 0.15) is 11.5 Å². The van der Waals surface area contributed by atoms with Gasteiger partial charge in [-0.3, -0.25) is 14.2 Å². The Bertz CT molecular complexity index is 1020. The highest BCUT2D eigenvalue weighted by atomic mass is 32.2. The summed E-state index contributed by atoms with van der Waals surface area (Å²) in [4.78, 5) is 30.2. The summed E-state index contributed by atoms with van der Waals surface area (Å²) in [6.45, 7) is 0.295. The lowest BCUT2D eigenvalue weighted by atomic mass is 10.1. The number of nitrogens with two attached hydrogens (primary N) is 1. The van der Waals surface area contributed by atoms with Crippen molar-refractivity contribution in [2.24, 2.45) is 5.73 Å². The Kier molecular flexibility index (Phi) is 5.79. The van der Waals surface area contributed by atoms with Crippen LogP contribution in [0.4, 0.5) is 4.39 Å². The molecular weight excluding hydrogens is 379 g/mol. The highest BCUT2D eigenvalue weighted by molar-refractivity contribution is 7.98. The van der Waals surface area contributed by atoms with E-state index in [1.54, 1.807) is 41.9 Å². The third-order valence-electron chi connectivity index (χ3n) is 4.19. The Morgan fingerprint density at radius 2 is 1.93 bits per heavy atom. The molecular formula is C20H19FN4O2S. The zero-order valence-electron chi connectivity index (χ0n) is 15.4. The van der Waals surface area contributed by atoms with Gasteiger partial charge in [-0.2, -0.15) is 0 Å². The number of primary amides is 1. The number of halogens is 1. The number of rotatable bonds is 6. The van der Waals surface area contributed by atoms with Crippen LogP contribution in [-0.2, 0) is 6.54 Å². The molecule has 0 aliphatic heterocycles. The van der Waals surface area contributed by atoms with E-state index < -0.39 is 5.91 Å². The predicted octanol–water partition coefficient (Wildman–Crippen LogP) is 3.10. The summed E-state index contributed by atoms with van der Waals surface area (Å²) < 4.78 is 15.0. The molecule has 0 bridgehead atoms. The predicted molar refractivity (Wildman–Crippen MR) is 106 cm³/mol. The van der Waals surface area contributed by atoms with Crippen LogP contribution in [0.1, 0.15) is 26.4 Å². The van der Waals surface area contributed by atoms with E-state index in [2.05, 4.69) is 4.98 Å². The van der Waals surface area contributed by atoms with Crippen LogP contribution >= 0.6 is 11.8 Å². The van der Waals surface area contributed by atoms with E-state index >= 15 is 0 Å². The monoisotopic (exact) mass is 398 g/mol. The van der Waals surface area contributed by atoms with Gasteiger partial charge in [-0.05, 0) is 48.2 Å². The van der Waals surface area contributed by atoms with Crippen LogP contribution in [-0.4, -0.2) is 39.6 Å². The van der Waals surface area contributed by atoms with Gasteiger partial charge in [0.25, 0.3) is 5.91 Å². The molecule has 6 nitrogen and oxygen atoms in total. The smallest absolute Gasteiger partial charge is 0.272 e. The number of carbonyl (C=O) groups is 2. The van der Waals surface area contributed by atoms with E-state index in [1.807, 2.05) is 12.3 Å². The van der Waals surface area contributed by atoms with Crippen molar-refractivity contribution in [1.82, 2.24) is 14.5 Å². The van der Waals surface area contributed by atoms with Gasteiger partial charge in [0.15, 0.2) is 5.16 Å². The number of imidazole rings is 1. The largest absolute Gasteiger partial charge is 0.366 e. The van der Waals surface area contributed by atoms with Crippen LogP contribution in [0.2, 0.25) is 0 Å². The van der Waals surface area contributed by atoms with Gasteiger partial charge >= 0.3 is 0 Å². The zero-order chi connectivity index (χ0) is 20.3. The van der Waals surface area contributed by atoms with E-state index in [9.17, 15) is 14.0 Å². The van der Waals surface area contributed by atoms with Crippen LogP contribution in [0.5, 0.6) is 0 Å². The normalized spacial score (nSPS) is 10.7. The molecule has 1 heterocycles. The Morgan fingerprint density at radius 1 is 1.21 bits per heavy atom. The summed E-state index contributed by atoms with van der Waals surface area (Å²) in [7, 11) is 1.67. The van der Waals surface area contributed by atoms with Gasteiger partial charge in [0.05, 0.1) is 6.20 Å². The molecule has 0 unspecified atom stereocenters. The summed E-state index contributed by atoms with van der Waals surface area (Å²) >= 11 is 1.39. The van der Waals surface area contributed by atoms with Crippen molar-refractivity contribution in [3.63, 3.8) is 0 Å². The molecule has 0 aliphatic carbocycles. The second-order valence-electron chi connectivity index (χ2n) is 6.17. The van der Waals surface area contributed by atoms with Gasteiger partial charge in [-0.25, -0.2) is 9.37 Å². The first-order chi connectivity index (χ1) is 13.4. The third kappa shape index (κ3) is 4.07. The molecule has 0 atom stereocenters. The summed E-state index contributed by atoms with van der Waals surface area (Å²) in [5.74, 6) is -1.12. The molecule has 0 saturated carbocycles. The van der Waals surface area contributed by atoms with Crippen molar-refractivity contribution in [2.75, 3.05) is 13.3 Å². The van der Waals surface area contributed by atoms with E-state index in [4.69, 9.17) is 5.73 Å². The molecule has 144 valence electrons. The van der Waals surface area contributed by atoms with Crippen LogP contribution in [0.25, 0.3) is 5.69 Å². The maximum absolute atomic E-state index is 13.3. The number of benzene rings is 2. The fourth-order valence-electron chi connectivity index (χ4n) is 2.83. The number of nitrogens with zero attached hydrogens (tertiary/aromatic N) is 3. The molecule has 28 heavy (non-hydrogen) atoms. The molecule has 1 aromatic heterocycles. The topological polar surface area (TPSA) is 81.2 Å². The second kappa shape index (κ2) is 8.26. The van der Waals surface area contributed by atoms with Crippen LogP contribution in [0.3, 0.4) is 0 Å². The summed E-state index contributed by atoms with van der Waals surface area (Å²) in [5, 5.41) is 0.624. The lowest BCUT2D eigenvalue weighted by Gasteiger charge is -2.19. The molecule has 2 N–H and O–H groups in total. The SMILES string of the molecule is CSc1ncc(C(=O)N(C)Cc2cccc(C(N)=O)c2)n1-c1ccc(F)cc1. The van der Waals surface area contributed by atoms with Gasteiger partial charge in [0, 0.05) is 24.8 Å². The number of amides is 2. The minimum absolute atomic E-state index is 0.249. The number of carbonyl (C=O) groups excluding carboxylic acids is 2. The maximum atomic E-state index is 13.3. The van der Waals surface area contributed by atoms with Crippen molar-refractivity contribution >= 4 is 23.6 Å². The van der Waals surface area contributed by atoms with Crippen molar-refractivity contribution in [1.29, 1.82) is 0 Å². The summed E-state index contributed by atoms with van der Waals surface area (Å²) in [6.07, 6.45) is 3.36. The van der Waals surface area contributed by atoms with Gasteiger partial charge in [0.2, 0.25) is 5.91 Å². The quantitative estimate of drug-likeness (QED) is 0.647. The third-order valence-corrected chi connectivity index (χ3v) is 4.85. The Hall–Kier alpha value is -3.13. The molecule has 0 fully saturated rings. The summed E-state index contributed by atoms with van der Waals surface area (Å²) in [5.41, 5.74) is 7.50. The van der Waals surface area contributed by atoms with E-state index in [1.165, 1.54) is 35.0 Å². The first kappa shape index (κ1) is 19.6. The lowest BCUT2D eigenvalue weighted by Crippen LogP contribution is -2.28. The fourth-order valence-corrected chi connectivity index (χ4v) is 3.38. The first-order valence-electron chi connectivity index (χ1n) is 8.42. The average molecular weight is 398 g/mol. The fraction of sp³-hybridized carbons (Fsp3) is 0.150. The van der Waals surface area contributed by atoms with E-state index in [0.717, 1.165) is 5.56 Å². The highest BCUT2D eigenvalue weighted by Gasteiger charge is 2.21. The Balaban J connectivity index is 1.90. The highest BCUT2D eigenvalue weighted by Crippen LogP contribution is 2.23. The molecule has 3 rings (SSSR count). The number of aromatic nitrogens is 2. The van der Waals surface area contributed by atoms with Gasteiger partial charge in [-0.15, -0.1) is 0 Å². The Labute approximate surface area is 166 Å². The molecule has 8 heteroatoms. The Morgan fingerprint density at radius 3 is 2.57 bits per heavy atom. The summed E-state index contributed by atoms with van der Waals surface area (Å²) in [6, 6.07) is 12.7. The molecule has 2 amide bonds. The van der Waals surface area contributed by atoms with Crippen LogP contribution in [0, 0.1) is 5.82 Å². The van der Waals surface area contributed by atoms with Crippen LogP contribution in [0.15, 0.2) is 59.9 Å². The standard InChI is InChI=1S/C20H19FN4O2S/c1-24(12-13-4-3-5-14(10-13)18(22)26)19(27)17-11-23-20(28-2)25(17)16-8-6-15(21)7-9-16/h3-11H,12H2,1-2H3,(H2,22,26). The molecule has 2 aromatic carbocycles. The van der Waals surface area contributed by atoms with Crippen molar-refractivity contribution in [3.8, 4) is 5.69 Å².